The van der Waals surface area contributed by atoms with E-state index in [4.69, 9.17) is 17.3 Å². The minimum atomic E-state index is -0.821. The second-order valence-corrected chi connectivity index (χ2v) is 4.63. The molecule has 2 N–H and O–H groups in total. The first-order chi connectivity index (χ1) is 6.65. The number of aliphatic carboxylic acids is 1. The topological polar surface area (TPSA) is 53.1 Å². The van der Waals surface area contributed by atoms with Gasteiger partial charge in [0.15, 0.2) is 3.95 Å². The zero-order chi connectivity index (χ0) is 10.1. The van der Waals surface area contributed by atoms with E-state index in [1.807, 2.05) is 18.2 Å². The van der Waals surface area contributed by atoms with E-state index in [1.54, 1.807) is 0 Å². The third-order valence-electron chi connectivity index (χ3n) is 1.84. The summed E-state index contributed by atoms with van der Waals surface area (Å²) in [5.41, 5.74) is 1.70. The van der Waals surface area contributed by atoms with Crippen molar-refractivity contribution in [3.05, 3.63) is 27.7 Å². The molecule has 0 fully saturated rings. The van der Waals surface area contributed by atoms with Crippen LogP contribution >= 0.6 is 23.6 Å². The van der Waals surface area contributed by atoms with Crippen LogP contribution in [0, 0.1) is 3.95 Å². The van der Waals surface area contributed by atoms with Gasteiger partial charge in [0.2, 0.25) is 0 Å². The predicted octanol–water partition coefficient (Wildman–Crippen LogP) is 2.59. The van der Waals surface area contributed by atoms with E-state index in [0.717, 1.165) is 15.8 Å². The number of nitrogens with one attached hydrogen (secondary N) is 1. The van der Waals surface area contributed by atoms with Crippen molar-refractivity contribution >= 4 is 39.7 Å². The summed E-state index contributed by atoms with van der Waals surface area (Å²) < 4.78 is 1.77. The third kappa shape index (κ3) is 1.83. The number of benzene rings is 1. The van der Waals surface area contributed by atoms with Gasteiger partial charge in [-0.15, -0.1) is 11.3 Å². The molecule has 0 radical (unpaired) electrons. The van der Waals surface area contributed by atoms with Gasteiger partial charge in [0.1, 0.15) is 0 Å². The van der Waals surface area contributed by atoms with Crippen molar-refractivity contribution in [3.8, 4) is 0 Å². The average Bonchev–Trinajstić information content (AvgIpc) is 2.42. The van der Waals surface area contributed by atoms with Gasteiger partial charge in [-0.3, -0.25) is 4.79 Å². The molecule has 0 spiro atoms. The van der Waals surface area contributed by atoms with Crippen LogP contribution in [0.5, 0.6) is 0 Å². The number of carbonyl (C=O) groups is 1. The van der Waals surface area contributed by atoms with Gasteiger partial charge in [-0.2, -0.15) is 0 Å². The molecule has 1 heterocycles. The molecule has 2 rings (SSSR count). The van der Waals surface area contributed by atoms with Gasteiger partial charge in [-0.05, 0) is 29.9 Å². The van der Waals surface area contributed by atoms with E-state index in [2.05, 4.69) is 4.98 Å². The first-order valence-electron chi connectivity index (χ1n) is 3.99. The minimum absolute atomic E-state index is 0.0480. The largest absolute Gasteiger partial charge is 0.481 e. The van der Waals surface area contributed by atoms with E-state index in [0.29, 0.717) is 3.95 Å². The highest BCUT2D eigenvalue weighted by molar-refractivity contribution is 7.73. The highest BCUT2D eigenvalue weighted by Crippen LogP contribution is 2.20. The maximum absolute atomic E-state index is 10.5. The van der Waals surface area contributed by atoms with Crippen LogP contribution in [0.1, 0.15) is 5.56 Å². The lowest BCUT2D eigenvalue weighted by Crippen LogP contribution is -1.99. The van der Waals surface area contributed by atoms with Crippen molar-refractivity contribution in [2.24, 2.45) is 0 Å². The number of aromatic nitrogens is 1. The summed E-state index contributed by atoms with van der Waals surface area (Å²) in [6, 6.07) is 5.54. The van der Waals surface area contributed by atoms with Gasteiger partial charge >= 0.3 is 5.97 Å². The number of thiazole rings is 1. The highest BCUT2D eigenvalue weighted by Gasteiger charge is 2.02. The highest BCUT2D eigenvalue weighted by atomic mass is 32.1. The molecule has 0 bridgehead atoms. The Morgan fingerprint density at radius 1 is 1.57 bits per heavy atom. The Morgan fingerprint density at radius 3 is 3.07 bits per heavy atom. The molecule has 1 aromatic carbocycles. The molecule has 14 heavy (non-hydrogen) atoms. The van der Waals surface area contributed by atoms with Gasteiger partial charge in [0, 0.05) is 0 Å². The molecule has 72 valence electrons. The monoisotopic (exact) mass is 225 g/mol. The summed E-state index contributed by atoms with van der Waals surface area (Å²) in [6.45, 7) is 0. The first-order valence-corrected chi connectivity index (χ1v) is 5.21. The number of hydrogen-bond acceptors (Lipinski definition) is 3. The molecule has 0 aliphatic heterocycles. The zero-order valence-corrected chi connectivity index (χ0v) is 8.74. The lowest BCUT2D eigenvalue weighted by molar-refractivity contribution is -0.136. The molecule has 1 aromatic heterocycles. The number of rotatable bonds is 2. The zero-order valence-electron chi connectivity index (χ0n) is 7.11. The number of fused-ring (bicyclic) bond motifs is 1. The van der Waals surface area contributed by atoms with Crippen LogP contribution in [0.25, 0.3) is 10.2 Å². The van der Waals surface area contributed by atoms with E-state index in [-0.39, 0.29) is 6.42 Å². The molecule has 0 saturated heterocycles. The summed E-state index contributed by atoms with van der Waals surface area (Å²) in [4.78, 5) is 13.5. The molecule has 0 amide bonds. The molecule has 0 atom stereocenters. The fourth-order valence-electron chi connectivity index (χ4n) is 1.28. The van der Waals surface area contributed by atoms with E-state index in [1.165, 1.54) is 11.3 Å². The second kappa shape index (κ2) is 3.51. The molecular weight excluding hydrogens is 218 g/mol. The normalized spacial score (nSPS) is 10.6. The number of aromatic amines is 1. The predicted molar refractivity (Wildman–Crippen MR) is 58.3 cm³/mol. The Bertz CT molecular complexity index is 541. The molecule has 0 aliphatic carbocycles. The Kier molecular flexibility index (Phi) is 2.35. The summed E-state index contributed by atoms with van der Waals surface area (Å²) >= 11 is 6.48. The first kappa shape index (κ1) is 9.36. The van der Waals surface area contributed by atoms with Crippen LogP contribution in [-0.2, 0) is 11.2 Å². The van der Waals surface area contributed by atoms with E-state index in [9.17, 15) is 4.79 Å². The van der Waals surface area contributed by atoms with Crippen LogP contribution in [0.2, 0.25) is 0 Å². The maximum atomic E-state index is 10.5. The third-order valence-corrected chi connectivity index (χ3v) is 3.05. The minimum Gasteiger partial charge on any atom is -0.481 e. The molecule has 2 aromatic rings. The Morgan fingerprint density at radius 2 is 2.36 bits per heavy atom. The van der Waals surface area contributed by atoms with Crippen molar-refractivity contribution in [1.82, 2.24) is 4.98 Å². The summed E-state index contributed by atoms with van der Waals surface area (Å²) in [7, 11) is 0. The Labute approximate surface area is 89.0 Å². The van der Waals surface area contributed by atoms with Crippen molar-refractivity contribution in [2.45, 2.75) is 6.42 Å². The van der Waals surface area contributed by atoms with Gasteiger partial charge in [0.05, 0.1) is 16.6 Å². The van der Waals surface area contributed by atoms with E-state index >= 15 is 0 Å². The van der Waals surface area contributed by atoms with Crippen molar-refractivity contribution in [1.29, 1.82) is 0 Å². The average molecular weight is 225 g/mol. The Hall–Kier alpha value is -1.20. The van der Waals surface area contributed by atoms with Crippen molar-refractivity contribution in [2.75, 3.05) is 0 Å². The summed E-state index contributed by atoms with van der Waals surface area (Å²) in [5, 5.41) is 8.62. The summed E-state index contributed by atoms with van der Waals surface area (Å²) in [6.07, 6.45) is 0.0480. The van der Waals surface area contributed by atoms with Crippen LogP contribution < -0.4 is 0 Å². The van der Waals surface area contributed by atoms with Crippen LogP contribution in [0.15, 0.2) is 18.2 Å². The Balaban J connectivity index is 2.50. The van der Waals surface area contributed by atoms with Crippen LogP contribution in [-0.4, -0.2) is 16.1 Å². The van der Waals surface area contributed by atoms with E-state index < -0.39 is 5.97 Å². The fraction of sp³-hybridized carbons (Fsp3) is 0.111. The second-order valence-electron chi connectivity index (χ2n) is 2.92. The maximum Gasteiger partial charge on any atom is 0.307 e. The standard InChI is InChI=1S/C9H7NO2S2/c11-8(12)4-5-1-2-7-6(3-5)10-9(13)14-7/h1-3H,4H2,(H,10,13)(H,11,12). The van der Waals surface area contributed by atoms with Crippen molar-refractivity contribution in [3.63, 3.8) is 0 Å². The van der Waals surface area contributed by atoms with Gasteiger partial charge in [-0.1, -0.05) is 6.07 Å². The lowest BCUT2D eigenvalue weighted by Gasteiger charge is -1.95. The molecular formula is C9H7NO2S2. The number of carboxylic acid groups (broad SMARTS) is 1. The van der Waals surface area contributed by atoms with Crippen LogP contribution in [0.3, 0.4) is 0 Å². The van der Waals surface area contributed by atoms with Gasteiger partial charge in [0.25, 0.3) is 0 Å². The molecule has 0 aliphatic rings. The number of carboxylic acids is 1. The van der Waals surface area contributed by atoms with Crippen molar-refractivity contribution < 1.29 is 9.90 Å². The molecule has 0 saturated carbocycles. The molecule has 3 nitrogen and oxygen atoms in total. The lowest BCUT2D eigenvalue weighted by atomic mass is 10.1. The smallest absolute Gasteiger partial charge is 0.307 e. The quantitative estimate of drug-likeness (QED) is 0.772. The molecule has 0 unspecified atom stereocenters. The fourth-order valence-corrected chi connectivity index (χ4v) is 2.38. The SMILES string of the molecule is O=C(O)Cc1ccc2sc(=S)[nH]c2c1. The van der Waals surface area contributed by atoms with Gasteiger partial charge in [-0.25, -0.2) is 0 Å². The summed E-state index contributed by atoms with van der Waals surface area (Å²) in [5.74, 6) is -0.821. The van der Waals surface area contributed by atoms with Gasteiger partial charge < -0.3 is 10.1 Å². The number of H-pyrrole nitrogens is 1. The van der Waals surface area contributed by atoms with Crippen LogP contribution in [0.4, 0.5) is 0 Å². The molecule has 5 heteroatoms. The number of hydrogen-bond donors (Lipinski definition) is 2.